The molecule has 21 heavy (non-hydrogen) atoms. The van der Waals surface area contributed by atoms with Crippen LogP contribution < -0.4 is 5.43 Å². The summed E-state index contributed by atoms with van der Waals surface area (Å²) in [4.78, 5) is 29.4. The third-order valence-electron chi connectivity index (χ3n) is 3.64. The lowest BCUT2D eigenvalue weighted by atomic mass is 10.1. The Hall–Kier alpha value is -1.66. The summed E-state index contributed by atoms with van der Waals surface area (Å²) in [5.74, 6) is -0.223. The highest BCUT2D eigenvalue weighted by atomic mass is 16.5. The Morgan fingerprint density at radius 3 is 2.95 bits per heavy atom. The standard InChI is InChI=1S/C15H22N2O4/c1-10-8-13(18)14(11(2)16-10)15(19)17-5-7-21-12(9-17)4-6-20-3/h8,12H,4-7,9H2,1-3H3,(H,16,18)/t12-/m1/s1. The molecule has 1 N–H and O–H groups in total. The second kappa shape index (κ2) is 6.87. The number of pyridine rings is 1. The van der Waals surface area contributed by atoms with E-state index >= 15 is 0 Å². The van der Waals surface area contributed by atoms with Crippen molar-refractivity contribution in [3.05, 3.63) is 33.2 Å². The zero-order valence-electron chi connectivity index (χ0n) is 12.8. The summed E-state index contributed by atoms with van der Waals surface area (Å²) >= 11 is 0. The van der Waals surface area contributed by atoms with Crippen molar-refractivity contribution in [1.82, 2.24) is 9.88 Å². The van der Waals surface area contributed by atoms with E-state index < -0.39 is 0 Å². The fourth-order valence-electron chi connectivity index (χ4n) is 2.60. The predicted molar refractivity (Wildman–Crippen MR) is 78.7 cm³/mol. The van der Waals surface area contributed by atoms with E-state index in [2.05, 4.69) is 4.98 Å². The van der Waals surface area contributed by atoms with Gasteiger partial charge in [0.1, 0.15) is 5.56 Å². The molecule has 1 aromatic heterocycles. The molecule has 1 fully saturated rings. The zero-order chi connectivity index (χ0) is 15.4. The zero-order valence-corrected chi connectivity index (χ0v) is 12.8. The van der Waals surface area contributed by atoms with Gasteiger partial charge >= 0.3 is 0 Å². The lowest BCUT2D eigenvalue weighted by molar-refractivity contribution is -0.0333. The molecular formula is C15H22N2O4. The number of hydrogen-bond donors (Lipinski definition) is 1. The second-order valence-corrected chi connectivity index (χ2v) is 5.34. The summed E-state index contributed by atoms with van der Waals surface area (Å²) < 4.78 is 10.7. The number of carbonyl (C=O) groups is 1. The summed E-state index contributed by atoms with van der Waals surface area (Å²) in [6.07, 6.45) is 0.705. The van der Waals surface area contributed by atoms with E-state index in [1.165, 1.54) is 6.07 Å². The maximum absolute atomic E-state index is 12.6. The van der Waals surface area contributed by atoms with Gasteiger partial charge in [-0.05, 0) is 20.3 Å². The van der Waals surface area contributed by atoms with Crippen LogP contribution in [0.2, 0.25) is 0 Å². The van der Waals surface area contributed by atoms with Gasteiger partial charge in [0.05, 0.1) is 12.7 Å². The highest BCUT2D eigenvalue weighted by Crippen LogP contribution is 2.13. The summed E-state index contributed by atoms with van der Waals surface area (Å²) in [7, 11) is 1.64. The van der Waals surface area contributed by atoms with Crippen LogP contribution in [-0.4, -0.2) is 55.3 Å². The van der Waals surface area contributed by atoms with Crippen LogP contribution in [0.15, 0.2) is 10.9 Å². The Morgan fingerprint density at radius 1 is 1.52 bits per heavy atom. The van der Waals surface area contributed by atoms with Crippen LogP contribution in [0.4, 0.5) is 0 Å². The molecule has 0 aliphatic carbocycles. The van der Waals surface area contributed by atoms with E-state index in [4.69, 9.17) is 9.47 Å². The van der Waals surface area contributed by atoms with E-state index in [1.807, 2.05) is 0 Å². The molecule has 1 amide bonds. The van der Waals surface area contributed by atoms with Gasteiger partial charge in [-0.25, -0.2) is 0 Å². The van der Waals surface area contributed by atoms with Crippen LogP contribution in [-0.2, 0) is 9.47 Å². The molecule has 0 bridgehead atoms. The van der Waals surface area contributed by atoms with Crippen molar-refractivity contribution < 1.29 is 14.3 Å². The van der Waals surface area contributed by atoms with Gasteiger partial charge in [0, 0.05) is 44.3 Å². The average Bonchev–Trinajstić information content (AvgIpc) is 2.44. The Labute approximate surface area is 124 Å². The summed E-state index contributed by atoms with van der Waals surface area (Å²) in [6.45, 7) is 5.65. The molecule has 1 aliphatic rings. The number of aromatic amines is 1. The first-order valence-electron chi connectivity index (χ1n) is 7.13. The largest absolute Gasteiger partial charge is 0.385 e. The van der Waals surface area contributed by atoms with Crippen molar-refractivity contribution in [1.29, 1.82) is 0 Å². The van der Waals surface area contributed by atoms with Gasteiger partial charge in [-0.1, -0.05) is 0 Å². The van der Waals surface area contributed by atoms with Crippen LogP contribution >= 0.6 is 0 Å². The maximum Gasteiger partial charge on any atom is 0.259 e. The Kier molecular flexibility index (Phi) is 5.14. The molecule has 1 saturated heterocycles. The number of hydrogen-bond acceptors (Lipinski definition) is 4. The van der Waals surface area contributed by atoms with Gasteiger partial charge in [-0.3, -0.25) is 9.59 Å². The molecular weight excluding hydrogens is 272 g/mol. The number of aromatic nitrogens is 1. The number of H-pyrrole nitrogens is 1. The average molecular weight is 294 g/mol. The molecule has 1 aliphatic heterocycles. The molecule has 1 aromatic rings. The van der Waals surface area contributed by atoms with Gasteiger partial charge in [-0.2, -0.15) is 0 Å². The first-order chi connectivity index (χ1) is 10.0. The minimum absolute atomic E-state index is 0.0347. The molecule has 2 rings (SSSR count). The van der Waals surface area contributed by atoms with Crippen molar-refractivity contribution >= 4 is 5.91 Å². The van der Waals surface area contributed by atoms with E-state index in [0.29, 0.717) is 32.0 Å². The lowest BCUT2D eigenvalue weighted by Gasteiger charge is -2.33. The molecule has 0 radical (unpaired) electrons. The SMILES string of the molecule is COCC[C@@H]1CN(C(=O)c2c(C)[nH]c(C)cc2=O)CCO1. The molecule has 2 heterocycles. The van der Waals surface area contributed by atoms with Crippen molar-refractivity contribution in [3.63, 3.8) is 0 Å². The summed E-state index contributed by atoms with van der Waals surface area (Å²) in [6, 6.07) is 1.46. The number of nitrogens with zero attached hydrogens (tertiary/aromatic N) is 1. The van der Waals surface area contributed by atoms with Crippen LogP contribution in [0.3, 0.4) is 0 Å². The van der Waals surface area contributed by atoms with Gasteiger partial charge in [0.25, 0.3) is 5.91 Å². The molecule has 6 nitrogen and oxygen atoms in total. The van der Waals surface area contributed by atoms with Crippen LogP contribution in [0, 0.1) is 13.8 Å². The minimum atomic E-state index is -0.228. The smallest absolute Gasteiger partial charge is 0.259 e. The van der Waals surface area contributed by atoms with Crippen LogP contribution in [0.1, 0.15) is 28.2 Å². The van der Waals surface area contributed by atoms with Crippen molar-refractivity contribution in [2.45, 2.75) is 26.4 Å². The number of methoxy groups -OCH3 is 1. The number of aryl methyl sites for hydroxylation is 2. The number of amides is 1. The lowest BCUT2D eigenvalue weighted by Crippen LogP contribution is -2.47. The van der Waals surface area contributed by atoms with Crippen LogP contribution in [0.5, 0.6) is 0 Å². The van der Waals surface area contributed by atoms with Gasteiger partial charge in [0.2, 0.25) is 0 Å². The van der Waals surface area contributed by atoms with Gasteiger partial charge in [0.15, 0.2) is 5.43 Å². The number of morpholine rings is 1. The number of ether oxygens (including phenoxy) is 2. The first-order valence-corrected chi connectivity index (χ1v) is 7.13. The highest BCUT2D eigenvalue weighted by Gasteiger charge is 2.27. The fourth-order valence-corrected chi connectivity index (χ4v) is 2.60. The topological polar surface area (TPSA) is 71.6 Å². The number of nitrogens with one attached hydrogen (secondary N) is 1. The van der Waals surface area contributed by atoms with Gasteiger partial charge < -0.3 is 19.4 Å². The first kappa shape index (κ1) is 15.7. The van der Waals surface area contributed by atoms with Crippen molar-refractivity contribution in [2.75, 3.05) is 33.4 Å². The van der Waals surface area contributed by atoms with Crippen LogP contribution in [0.25, 0.3) is 0 Å². The van der Waals surface area contributed by atoms with Crippen molar-refractivity contribution in [2.24, 2.45) is 0 Å². The second-order valence-electron chi connectivity index (χ2n) is 5.34. The Morgan fingerprint density at radius 2 is 2.29 bits per heavy atom. The third kappa shape index (κ3) is 3.71. The quantitative estimate of drug-likeness (QED) is 0.894. The van der Waals surface area contributed by atoms with E-state index in [9.17, 15) is 9.59 Å². The monoisotopic (exact) mass is 294 g/mol. The number of rotatable bonds is 4. The van der Waals surface area contributed by atoms with E-state index in [1.54, 1.807) is 25.9 Å². The van der Waals surface area contributed by atoms with Gasteiger partial charge in [-0.15, -0.1) is 0 Å². The fraction of sp³-hybridized carbons (Fsp3) is 0.600. The third-order valence-corrected chi connectivity index (χ3v) is 3.64. The Bertz CT molecular complexity index is 567. The molecule has 0 spiro atoms. The Balaban J connectivity index is 2.14. The highest BCUT2D eigenvalue weighted by molar-refractivity contribution is 5.95. The van der Waals surface area contributed by atoms with E-state index in [-0.39, 0.29) is 23.0 Å². The summed E-state index contributed by atoms with van der Waals surface area (Å²) in [5, 5.41) is 0. The van der Waals surface area contributed by atoms with E-state index in [0.717, 1.165) is 12.1 Å². The maximum atomic E-state index is 12.6. The normalized spacial score (nSPS) is 18.8. The molecule has 0 aromatic carbocycles. The van der Waals surface area contributed by atoms with Crippen molar-refractivity contribution in [3.8, 4) is 0 Å². The molecule has 6 heteroatoms. The summed E-state index contributed by atoms with van der Waals surface area (Å²) in [5.41, 5.74) is 1.38. The molecule has 0 unspecified atom stereocenters. The molecule has 0 saturated carbocycles. The number of carbonyl (C=O) groups excluding carboxylic acids is 1. The molecule has 1 atom stereocenters. The minimum Gasteiger partial charge on any atom is -0.385 e. The molecule has 116 valence electrons. The predicted octanol–water partition coefficient (Wildman–Crippen LogP) is 0.869.